The first-order chi connectivity index (χ1) is 15.7. The van der Waals surface area contributed by atoms with Crippen molar-refractivity contribution in [2.75, 3.05) is 4.90 Å². The van der Waals surface area contributed by atoms with Gasteiger partial charge in [-0.25, -0.2) is 9.69 Å². The molecule has 1 aliphatic rings. The number of benzene rings is 3. The van der Waals surface area contributed by atoms with Crippen molar-refractivity contribution < 1.29 is 23.9 Å². The highest BCUT2D eigenvalue weighted by Crippen LogP contribution is 2.32. The van der Waals surface area contributed by atoms with E-state index in [9.17, 15) is 19.2 Å². The van der Waals surface area contributed by atoms with E-state index in [1.807, 2.05) is 26.0 Å². The van der Waals surface area contributed by atoms with Crippen LogP contribution in [0.2, 0.25) is 5.02 Å². The number of aryl methyl sites for hydroxylation is 2. The van der Waals surface area contributed by atoms with Crippen LogP contribution in [-0.4, -0.2) is 29.7 Å². The van der Waals surface area contributed by atoms with Gasteiger partial charge in [0.15, 0.2) is 6.10 Å². The summed E-state index contributed by atoms with van der Waals surface area (Å²) in [6, 6.07) is 16.0. The van der Waals surface area contributed by atoms with Crippen molar-refractivity contribution in [1.82, 2.24) is 0 Å². The van der Waals surface area contributed by atoms with E-state index in [2.05, 4.69) is 0 Å². The normalized spacial score (nSPS) is 13.6. The molecule has 0 saturated carbocycles. The number of Topliss-reactive ketones (excluding diaryl/α,β-unsaturated/α-hetero) is 1. The second-order valence-corrected chi connectivity index (χ2v) is 8.35. The predicted molar refractivity (Wildman–Crippen MR) is 124 cm³/mol. The Morgan fingerprint density at radius 1 is 0.879 bits per heavy atom. The van der Waals surface area contributed by atoms with E-state index in [4.69, 9.17) is 16.3 Å². The number of hydrogen-bond acceptors (Lipinski definition) is 5. The molecule has 0 aromatic heterocycles. The van der Waals surface area contributed by atoms with Gasteiger partial charge < -0.3 is 4.74 Å². The Morgan fingerprint density at radius 3 is 2.33 bits per heavy atom. The van der Waals surface area contributed by atoms with Gasteiger partial charge in [0.1, 0.15) is 0 Å². The molecule has 0 aliphatic carbocycles. The van der Waals surface area contributed by atoms with Crippen LogP contribution in [0.4, 0.5) is 5.69 Å². The van der Waals surface area contributed by atoms with E-state index in [0.29, 0.717) is 16.3 Å². The zero-order valence-corrected chi connectivity index (χ0v) is 19.0. The number of ether oxygens (including phenoxy) is 1. The van der Waals surface area contributed by atoms with Gasteiger partial charge in [0, 0.05) is 10.6 Å². The van der Waals surface area contributed by atoms with Gasteiger partial charge in [-0.2, -0.15) is 0 Å². The minimum Gasteiger partial charge on any atom is -0.451 e. The molecule has 1 aliphatic heterocycles. The number of amides is 2. The Bertz CT molecular complexity index is 1330. The van der Waals surface area contributed by atoms with Crippen molar-refractivity contribution in [2.24, 2.45) is 0 Å². The maximum atomic E-state index is 13.1. The highest BCUT2D eigenvalue weighted by atomic mass is 35.5. The number of imide groups is 1. The van der Waals surface area contributed by atoms with Crippen molar-refractivity contribution >= 4 is 40.9 Å². The average molecular weight is 462 g/mol. The Hall–Kier alpha value is -3.77. The zero-order valence-electron chi connectivity index (χ0n) is 18.2. The third-order valence-electron chi connectivity index (χ3n) is 5.49. The van der Waals surface area contributed by atoms with Crippen LogP contribution in [-0.2, 0) is 4.74 Å². The van der Waals surface area contributed by atoms with Gasteiger partial charge in [-0.1, -0.05) is 35.9 Å². The lowest BCUT2D eigenvalue weighted by molar-refractivity contribution is 0.0318. The number of nitrogens with zero attached hydrogens (tertiary/aromatic N) is 1. The molecule has 0 N–H and O–H groups in total. The van der Waals surface area contributed by atoms with Crippen LogP contribution >= 0.6 is 11.6 Å². The topological polar surface area (TPSA) is 80.8 Å². The molecule has 0 spiro atoms. The number of carbonyl (C=O) groups is 4. The van der Waals surface area contributed by atoms with Crippen molar-refractivity contribution in [2.45, 2.75) is 26.9 Å². The van der Waals surface area contributed by atoms with Gasteiger partial charge in [0.25, 0.3) is 11.8 Å². The van der Waals surface area contributed by atoms with Gasteiger partial charge in [-0.05, 0) is 68.3 Å². The molecule has 6 nitrogen and oxygen atoms in total. The molecule has 0 bridgehead atoms. The lowest BCUT2D eigenvalue weighted by atomic mass is 10.1. The fourth-order valence-electron chi connectivity index (χ4n) is 3.71. The van der Waals surface area contributed by atoms with E-state index in [0.717, 1.165) is 16.0 Å². The highest BCUT2D eigenvalue weighted by Gasteiger charge is 2.38. The first kappa shape index (κ1) is 22.4. The Morgan fingerprint density at radius 2 is 1.61 bits per heavy atom. The lowest BCUT2D eigenvalue weighted by Crippen LogP contribution is -2.30. The number of rotatable bonds is 5. The maximum absolute atomic E-state index is 13.1. The van der Waals surface area contributed by atoms with Crippen molar-refractivity contribution in [3.63, 3.8) is 0 Å². The summed E-state index contributed by atoms with van der Waals surface area (Å²) in [6.45, 7) is 5.16. The van der Waals surface area contributed by atoms with Crippen LogP contribution in [0.3, 0.4) is 0 Å². The number of anilines is 1. The number of hydrogen-bond donors (Lipinski definition) is 0. The third kappa shape index (κ3) is 4.17. The summed E-state index contributed by atoms with van der Waals surface area (Å²) in [4.78, 5) is 52.4. The summed E-state index contributed by atoms with van der Waals surface area (Å²) < 4.78 is 5.32. The Kier molecular flexibility index (Phi) is 5.87. The summed E-state index contributed by atoms with van der Waals surface area (Å²) in [5.41, 5.74) is 2.92. The summed E-state index contributed by atoms with van der Waals surface area (Å²) in [7, 11) is 0. The minimum absolute atomic E-state index is 0.0726. The molecule has 1 heterocycles. The van der Waals surface area contributed by atoms with Crippen LogP contribution < -0.4 is 4.90 Å². The molecule has 1 unspecified atom stereocenters. The van der Waals surface area contributed by atoms with Gasteiger partial charge in [0.2, 0.25) is 5.78 Å². The number of esters is 1. The number of fused-ring (bicyclic) bond motifs is 1. The molecule has 3 aromatic carbocycles. The smallest absolute Gasteiger partial charge is 0.338 e. The van der Waals surface area contributed by atoms with Crippen molar-refractivity contribution in [3.8, 4) is 0 Å². The third-order valence-corrected chi connectivity index (χ3v) is 5.73. The monoisotopic (exact) mass is 461 g/mol. The Balaban J connectivity index is 1.57. The molecule has 4 rings (SSSR count). The average Bonchev–Trinajstić information content (AvgIpc) is 3.04. The summed E-state index contributed by atoms with van der Waals surface area (Å²) in [6.07, 6.45) is -1.06. The number of ketones is 1. The number of carbonyl (C=O) groups excluding carboxylic acids is 4. The van der Waals surface area contributed by atoms with Crippen LogP contribution in [0, 0.1) is 13.8 Å². The van der Waals surface area contributed by atoms with E-state index in [-0.39, 0.29) is 16.7 Å². The number of halogens is 1. The fraction of sp³-hybridized carbons (Fsp3) is 0.154. The molecule has 33 heavy (non-hydrogen) atoms. The predicted octanol–water partition coefficient (Wildman–Crippen LogP) is 5.19. The first-order valence-electron chi connectivity index (χ1n) is 10.3. The maximum Gasteiger partial charge on any atom is 0.338 e. The minimum atomic E-state index is -1.06. The van der Waals surface area contributed by atoms with Crippen LogP contribution in [0.1, 0.15) is 59.5 Å². The van der Waals surface area contributed by atoms with Crippen LogP contribution in [0.25, 0.3) is 0 Å². The van der Waals surface area contributed by atoms with E-state index >= 15 is 0 Å². The van der Waals surface area contributed by atoms with E-state index in [1.54, 1.807) is 24.3 Å². The zero-order chi connectivity index (χ0) is 23.9. The fourth-order valence-corrected chi connectivity index (χ4v) is 3.90. The second-order valence-electron chi connectivity index (χ2n) is 7.92. The standard InChI is InChI=1S/C26H20ClNO5/c1-14-7-8-15(2)22(11-14)28-24(30)20-10-9-18(13-21(20)25(28)31)26(32)33-16(3)23(29)17-5-4-6-19(27)12-17/h4-13,16H,1-3H3. The molecule has 0 radical (unpaired) electrons. The SMILES string of the molecule is Cc1ccc(C)c(N2C(=O)c3ccc(C(=O)OC(C)C(=O)c4cccc(Cl)c4)cc3C2=O)c1. The van der Waals surface area contributed by atoms with Crippen LogP contribution in [0.5, 0.6) is 0 Å². The summed E-state index contributed by atoms with van der Waals surface area (Å²) in [5, 5.41) is 0.398. The highest BCUT2D eigenvalue weighted by molar-refractivity contribution is 6.35. The Labute approximate surface area is 195 Å². The van der Waals surface area contributed by atoms with Crippen molar-refractivity contribution in [3.05, 3.63) is 99.1 Å². The molecule has 1 atom stereocenters. The molecule has 2 amide bonds. The molecule has 166 valence electrons. The van der Waals surface area contributed by atoms with Gasteiger partial charge in [-0.15, -0.1) is 0 Å². The molecular formula is C26H20ClNO5. The molecule has 7 heteroatoms. The molecule has 0 fully saturated rings. The quantitative estimate of drug-likeness (QED) is 0.297. The summed E-state index contributed by atoms with van der Waals surface area (Å²) in [5.74, 6) is -2.14. The molecule has 0 saturated heterocycles. The summed E-state index contributed by atoms with van der Waals surface area (Å²) >= 11 is 5.93. The lowest BCUT2D eigenvalue weighted by Gasteiger charge is -2.17. The van der Waals surface area contributed by atoms with E-state index < -0.39 is 29.7 Å². The van der Waals surface area contributed by atoms with Gasteiger partial charge in [0.05, 0.1) is 22.4 Å². The molecule has 3 aromatic rings. The van der Waals surface area contributed by atoms with E-state index in [1.165, 1.54) is 31.2 Å². The van der Waals surface area contributed by atoms with Crippen molar-refractivity contribution in [1.29, 1.82) is 0 Å². The van der Waals surface area contributed by atoms with Gasteiger partial charge >= 0.3 is 5.97 Å². The largest absolute Gasteiger partial charge is 0.451 e. The second kappa shape index (κ2) is 8.64. The first-order valence-corrected chi connectivity index (χ1v) is 10.7. The van der Waals surface area contributed by atoms with Crippen LogP contribution in [0.15, 0.2) is 60.7 Å². The van der Waals surface area contributed by atoms with Gasteiger partial charge in [-0.3, -0.25) is 14.4 Å². The molecular weight excluding hydrogens is 442 g/mol.